The molecule has 0 amide bonds. The van der Waals surface area contributed by atoms with Gasteiger partial charge in [-0.2, -0.15) is 0 Å². The SMILES string of the molecule is CC(C)(C)CC(CN)C(C)(C)P. The van der Waals surface area contributed by atoms with E-state index in [-0.39, 0.29) is 5.16 Å². The van der Waals surface area contributed by atoms with Gasteiger partial charge in [0.1, 0.15) is 0 Å². The molecule has 0 aliphatic carbocycles. The molecule has 0 aromatic rings. The molecular weight excluding hydrogens is 165 g/mol. The van der Waals surface area contributed by atoms with Crippen LogP contribution in [0, 0.1) is 11.3 Å². The summed E-state index contributed by atoms with van der Waals surface area (Å²) in [6.45, 7) is 12.1. The van der Waals surface area contributed by atoms with Gasteiger partial charge in [0.15, 0.2) is 0 Å². The van der Waals surface area contributed by atoms with Crippen LogP contribution in [0.2, 0.25) is 0 Å². The lowest BCUT2D eigenvalue weighted by atomic mass is 9.79. The van der Waals surface area contributed by atoms with Gasteiger partial charge in [0, 0.05) is 0 Å². The molecule has 0 rings (SSSR count). The van der Waals surface area contributed by atoms with Crippen molar-refractivity contribution in [2.75, 3.05) is 6.54 Å². The van der Waals surface area contributed by atoms with E-state index in [9.17, 15) is 0 Å². The molecule has 0 aliphatic heterocycles. The monoisotopic (exact) mass is 189 g/mol. The molecule has 0 fully saturated rings. The van der Waals surface area contributed by atoms with Crippen molar-refractivity contribution >= 4 is 9.24 Å². The van der Waals surface area contributed by atoms with Gasteiger partial charge < -0.3 is 5.73 Å². The van der Waals surface area contributed by atoms with Gasteiger partial charge in [-0.05, 0) is 29.5 Å². The van der Waals surface area contributed by atoms with E-state index in [1.807, 2.05) is 0 Å². The number of hydrogen-bond donors (Lipinski definition) is 1. The van der Waals surface area contributed by atoms with Crippen molar-refractivity contribution in [3.63, 3.8) is 0 Å². The largest absolute Gasteiger partial charge is 0.330 e. The Labute approximate surface area is 79.7 Å². The minimum absolute atomic E-state index is 0.266. The highest BCUT2D eigenvalue weighted by atomic mass is 31.0. The maximum atomic E-state index is 5.75. The van der Waals surface area contributed by atoms with Crippen molar-refractivity contribution in [2.45, 2.75) is 46.2 Å². The molecule has 0 radical (unpaired) electrons. The summed E-state index contributed by atoms with van der Waals surface area (Å²) < 4.78 is 0. The van der Waals surface area contributed by atoms with Crippen LogP contribution < -0.4 is 5.73 Å². The van der Waals surface area contributed by atoms with Gasteiger partial charge >= 0.3 is 0 Å². The predicted molar refractivity (Wildman–Crippen MR) is 60.4 cm³/mol. The second-order valence-electron chi connectivity index (χ2n) is 5.52. The molecule has 0 aromatic carbocycles. The molecule has 2 atom stereocenters. The van der Waals surface area contributed by atoms with Gasteiger partial charge in [-0.3, -0.25) is 0 Å². The third-order valence-electron chi connectivity index (χ3n) is 2.20. The molecule has 74 valence electrons. The highest BCUT2D eigenvalue weighted by molar-refractivity contribution is 7.18. The van der Waals surface area contributed by atoms with Gasteiger partial charge in [0.25, 0.3) is 0 Å². The van der Waals surface area contributed by atoms with Gasteiger partial charge in [0.2, 0.25) is 0 Å². The first-order valence-corrected chi connectivity index (χ1v) is 5.23. The molecular formula is C10H24NP. The molecule has 12 heavy (non-hydrogen) atoms. The van der Waals surface area contributed by atoms with E-state index in [0.29, 0.717) is 11.3 Å². The van der Waals surface area contributed by atoms with Crippen molar-refractivity contribution < 1.29 is 0 Å². The molecule has 0 heterocycles. The van der Waals surface area contributed by atoms with Crippen LogP contribution in [-0.2, 0) is 0 Å². The van der Waals surface area contributed by atoms with E-state index in [1.54, 1.807) is 0 Å². The molecule has 0 saturated carbocycles. The summed E-state index contributed by atoms with van der Waals surface area (Å²) in [4.78, 5) is 0. The van der Waals surface area contributed by atoms with Crippen molar-refractivity contribution in [1.29, 1.82) is 0 Å². The van der Waals surface area contributed by atoms with E-state index in [2.05, 4.69) is 43.9 Å². The summed E-state index contributed by atoms with van der Waals surface area (Å²) in [5.74, 6) is 0.600. The lowest BCUT2D eigenvalue weighted by Crippen LogP contribution is -2.34. The summed E-state index contributed by atoms with van der Waals surface area (Å²) >= 11 is 0. The zero-order valence-corrected chi connectivity index (χ0v) is 10.3. The second kappa shape index (κ2) is 4.07. The zero-order chi connectivity index (χ0) is 9.99. The van der Waals surface area contributed by atoms with Gasteiger partial charge in [-0.25, -0.2) is 0 Å². The zero-order valence-electron chi connectivity index (χ0n) is 9.15. The molecule has 0 bridgehead atoms. The minimum Gasteiger partial charge on any atom is -0.330 e. The second-order valence-corrected chi connectivity index (χ2v) is 7.01. The Kier molecular flexibility index (Phi) is 4.20. The van der Waals surface area contributed by atoms with Crippen molar-refractivity contribution in [3.8, 4) is 0 Å². The lowest BCUT2D eigenvalue weighted by molar-refractivity contribution is 0.264. The molecule has 2 unspecified atom stereocenters. The van der Waals surface area contributed by atoms with Crippen LogP contribution in [-0.4, -0.2) is 11.7 Å². The van der Waals surface area contributed by atoms with E-state index < -0.39 is 0 Å². The van der Waals surface area contributed by atoms with Crippen molar-refractivity contribution in [3.05, 3.63) is 0 Å². The average Bonchev–Trinajstić information content (AvgIpc) is 1.78. The van der Waals surface area contributed by atoms with Crippen LogP contribution in [0.15, 0.2) is 0 Å². The Bertz CT molecular complexity index is 130. The van der Waals surface area contributed by atoms with Gasteiger partial charge in [-0.15, -0.1) is 9.24 Å². The van der Waals surface area contributed by atoms with Gasteiger partial charge in [0.05, 0.1) is 0 Å². The number of nitrogens with two attached hydrogens (primary N) is 1. The standard InChI is InChI=1S/C10H24NP/c1-9(2,3)6-8(7-11)10(4,5)12/h8H,6-7,11-12H2,1-5H3. The molecule has 0 aromatic heterocycles. The molecule has 2 N–H and O–H groups in total. The fourth-order valence-corrected chi connectivity index (χ4v) is 1.64. The third-order valence-corrected chi connectivity index (χ3v) is 2.67. The quantitative estimate of drug-likeness (QED) is 0.679. The van der Waals surface area contributed by atoms with Crippen LogP contribution >= 0.6 is 9.24 Å². The van der Waals surface area contributed by atoms with E-state index in [0.717, 1.165) is 6.54 Å². The number of rotatable bonds is 3. The fourth-order valence-electron chi connectivity index (χ4n) is 1.39. The summed E-state index contributed by atoms with van der Waals surface area (Å²) in [5.41, 5.74) is 6.14. The first-order chi connectivity index (χ1) is 5.17. The van der Waals surface area contributed by atoms with E-state index >= 15 is 0 Å². The van der Waals surface area contributed by atoms with Crippen LogP contribution in [0.4, 0.5) is 0 Å². The first kappa shape index (κ1) is 12.4. The number of hydrogen-bond acceptors (Lipinski definition) is 1. The van der Waals surface area contributed by atoms with Crippen molar-refractivity contribution in [1.82, 2.24) is 0 Å². The van der Waals surface area contributed by atoms with E-state index in [4.69, 9.17) is 5.73 Å². The lowest BCUT2D eigenvalue weighted by Gasteiger charge is -2.34. The van der Waals surface area contributed by atoms with Crippen LogP contribution in [0.3, 0.4) is 0 Å². The fraction of sp³-hybridized carbons (Fsp3) is 1.00. The van der Waals surface area contributed by atoms with Gasteiger partial charge in [-0.1, -0.05) is 34.6 Å². The molecule has 2 heteroatoms. The van der Waals surface area contributed by atoms with Crippen LogP contribution in [0.5, 0.6) is 0 Å². The minimum atomic E-state index is 0.266. The highest BCUT2D eigenvalue weighted by Crippen LogP contribution is 2.35. The molecule has 1 nitrogen and oxygen atoms in total. The normalized spacial score (nSPS) is 16.2. The Morgan fingerprint density at radius 2 is 1.58 bits per heavy atom. The predicted octanol–water partition coefficient (Wildman–Crippen LogP) is 2.65. The Hall–Kier alpha value is 0.390. The Morgan fingerprint density at radius 3 is 1.67 bits per heavy atom. The summed E-state index contributed by atoms with van der Waals surface area (Å²) in [7, 11) is 2.90. The average molecular weight is 189 g/mol. The van der Waals surface area contributed by atoms with E-state index in [1.165, 1.54) is 6.42 Å². The molecule has 0 saturated heterocycles. The summed E-state index contributed by atoms with van der Waals surface area (Å²) in [6, 6.07) is 0. The maximum absolute atomic E-state index is 5.75. The molecule has 0 spiro atoms. The molecule has 0 aliphatic rings. The Morgan fingerprint density at radius 1 is 1.17 bits per heavy atom. The van der Waals surface area contributed by atoms with Crippen LogP contribution in [0.1, 0.15) is 41.0 Å². The van der Waals surface area contributed by atoms with Crippen LogP contribution in [0.25, 0.3) is 0 Å². The van der Waals surface area contributed by atoms with Crippen molar-refractivity contribution in [2.24, 2.45) is 17.1 Å². The summed E-state index contributed by atoms with van der Waals surface area (Å²) in [5, 5.41) is 0.266. The maximum Gasteiger partial charge on any atom is -0.00403 e. The Balaban J connectivity index is 4.20. The third kappa shape index (κ3) is 5.11. The highest BCUT2D eigenvalue weighted by Gasteiger charge is 2.27. The summed E-state index contributed by atoms with van der Waals surface area (Å²) in [6.07, 6.45) is 1.19. The first-order valence-electron chi connectivity index (χ1n) is 4.66. The smallest absolute Gasteiger partial charge is 0.00403 e. The topological polar surface area (TPSA) is 26.0 Å².